The lowest BCUT2D eigenvalue weighted by atomic mass is 10.2. The molecule has 0 fully saturated rings. The predicted molar refractivity (Wildman–Crippen MR) is 99.9 cm³/mol. The van der Waals surface area contributed by atoms with Crippen molar-refractivity contribution in [2.45, 2.75) is 6.42 Å². The highest BCUT2D eigenvalue weighted by Gasteiger charge is 2.22. The minimum atomic E-state index is -0.406. The lowest BCUT2D eigenvalue weighted by molar-refractivity contribution is -0.858. The number of anilines is 1. The van der Waals surface area contributed by atoms with Crippen LogP contribution < -0.4 is 9.80 Å². The fraction of sp³-hybridized carbons (Fsp3) is 0.263. The maximum atomic E-state index is 14.0. The smallest absolute Gasteiger partial charge is 0.260 e. The first-order chi connectivity index (χ1) is 12.5. The van der Waals surface area contributed by atoms with Crippen molar-refractivity contribution in [2.24, 2.45) is 0 Å². The van der Waals surface area contributed by atoms with Gasteiger partial charge in [0.1, 0.15) is 17.2 Å². The fourth-order valence-electron chi connectivity index (χ4n) is 2.64. The zero-order valence-electron chi connectivity index (χ0n) is 14.6. The van der Waals surface area contributed by atoms with Crippen LogP contribution in [0, 0.1) is 11.6 Å². The molecule has 0 saturated carbocycles. The van der Waals surface area contributed by atoms with Crippen LogP contribution in [0.15, 0.2) is 42.5 Å². The van der Waals surface area contributed by atoms with Gasteiger partial charge in [-0.2, -0.15) is 0 Å². The van der Waals surface area contributed by atoms with E-state index in [1.165, 1.54) is 46.6 Å². The van der Waals surface area contributed by atoms with E-state index in [4.69, 9.17) is 0 Å². The molecule has 0 radical (unpaired) electrons. The maximum absolute atomic E-state index is 14.0. The van der Waals surface area contributed by atoms with Crippen LogP contribution in [-0.2, 0) is 0 Å². The van der Waals surface area contributed by atoms with Crippen LogP contribution in [0.1, 0.15) is 16.8 Å². The Morgan fingerprint density at radius 2 is 1.88 bits per heavy atom. The largest absolute Gasteiger partial charge is 0.340 e. The van der Waals surface area contributed by atoms with Gasteiger partial charge in [-0.05, 0) is 36.4 Å². The number of hydrogen-bond acceptors (Lipinski definition) is 3. The first-order valence-electron chi connectivity index (χ1n) is 8.37. The average molecular weight is 376 g/mol. The number of hydrogen-bond donors (Lipinski definition) is 1. The Labute approximate surface area is 154 Å². The molecule has 1 aromatic heterocycles. The maximum Gasteiger partial charge on any atom is 0.260 e. The number of halogens is 2. The predicted octanol–water partition coefficient (Wildman–Crippen LogP) is 2.76. The molecule has 0 spiro atoms. The number of rotatable bonds is 6. The minimum absolute atomic E-state index is 0.266. The SMILES string of the molecule is C[NH+](C)CCCN(C(=O)c1ccc(F)cc1)c1nc2c(F)cccc2s1. The summed E-state index contributed by atoms with van der Waals surface area (Å²) in [5.41, 5.74) is 0.644. The van der Waals surface area contributed by atoms with E-state index in [-0.39, 0.29) is 11.4 Å². The van der Waals surface area contributed by atoms with Gasteiger partial charge in [0, 0.05) is 18.5 Å². The van der Waals surface area contributed by atoms with Crippen LogP contribution in [0.4, 0.5) is 13.9 Å². The first kappa shape index (κ1) is 18.4. The lowest BCUT2D eigenvalue weighted by Crippen LogP contribution is -3.05. The second kappa shape index (κ2) is 7.88. The number of aromatic nitrogens is 1. The third-order valence-corrected chi connectivity index (χ3v) is 5.03. The molecule has 0 bridgehead atoms. The van der Waals surface area contributed by atoms with Crippen molar-refractivity contribution in [3.63, 3.8) is 0 Å². The summed E-state index contributed by atoms with van der Waals surface area (Å²) in [5.74, 6) is -1.07. The van der Waals surface area contributed by atoms with Gasteiger partial charge in [-0.3, -0.25) is 9.69 Å². The Morgan fingerprint density at radius 1 is 1.15 bits per heavy atom. The number of quaternary nitrogens is 1. The second-order valence-corrected chi connectivity index (χ2v) is 7.37. The van der Waals surface area contributed by atoms with Crippen molar-refractivity contribution in [2.75, 3.05) is 32.1 Å². The lowest BCUT2D eigenvalue weighted by Gasteiger charge is -2.20. The van der Waals surface area contributed by atoms with Gasteiger partial charge in [-0.1, -0.05) is 17.4 Å². The van der Waals surface area contributed by atoms with Crippen LogP contribution in [0.25, 0.3) is 10.2 Å². The number of fused-ring (bicyclic) bond motifs is 1. The third kappa shape index (κ3) is 4.05. The van der Waals surface area contributed by atoms with Crippen molar-refractivity contribution >= 4 is 32.6 Å². The number of carbonyl (C=O) groups excluding carboxylic acids is 1. The molecule has 7 heteroatoms. The number of nitrogens with one attached hydrogen (secondary N) is 1. The number of carbonyl (C=O) groups is 1. The molecule has 0 aliphatic heterocycles. The molecule has 3 rings (SSSR count). The van der Waals surface area contributed by atoms with E-state index in [0.29, 0.717) is 21.9 Å². The molecule has 1 N–H and O–H groups in total. The molecule has 2 aromatic carbocycles. The highest BCUT2D eigenvalue weighted by molar-refractivity contribution is 7.22. The van der Waals surface area contributed by atoms with E-state index in [1.54, 1.807) is 17.0 Å². The Hall–Kier alpha value is -2.38. The molecule has 4 nitrogen and oxygen atoms in total. The summed E-state index contributed by atoms with van der Waals surface area (Å²) < 4.78 is 27.8. The Bertz CT molecular complexity index is 909. The van der Waals surface area contributed by atoms with E-state index >= 15 is 0 Å². The number of benzene rings is 2. The Kier molecular flexibility index (Phi) is 5.58. The Morgan fingerprint density at radius 3 is 2.54 bits per heavy atom. The monoisotopic (exact) mass is 376 g/mol. The summed E-state index contributed by atoms with van der Waals surface area (Å²) in [5, 5.41) is 0.452. The molecule has 0 saturated heterocycles. The van der Waals surface area contributed by atoms with Gasteiger partial charge in [-0.15, -0.1) is 0 Å². The summed E-state index contributed by atoms with van der Waals surface area (Å²) >= 11 is 1.28. The van der Waals surface area contributed by atoms with Crippen LogP contribution in [0.5, 0.6) is 0 Å². The van der Waals surface area contributed by atoms with Crippen molar-refractivity contribution in [1.29, 1.82) is 0 Å². The Balaban J connectivity index is 1.94. The fourth-order valence-corrected chi connectivity index (χ4v) is 3.65. The summed E-state index contributed by atoms with van der Waals surface area (Å²) in [6.07, 6.45) is 0.772. The quantitative estimate of drug-likeness (QED) is 0.718. The van der Waals surface area contributed by atoms with Gasteiger partial charge in [0.05, 0.1) is 25.3 Å². The molecular formula is C19H20F2N3OS+. The first-order valence-corrected chi connectivity index (χ1v) is 9.19. The van der Waals surface area contributed by atoms with Crippen molar-refractivity contribution in [3.8, 4) is 0 Å². The van der Waals surface area contributed by atoms with Gasteiger partial charge in [0.2, 0.25) is 0 Å². The van der Waals surface area contributed by atoms with Crippen molar-refractivity contribution in [3.05, 3.63) is 59.7 Å². The van der Waals surface area contributed by atoms with E-state index in [9.17, 15) is 13.6 Å². The second-order valence-electron chi connectivity index (χ2n) is 6.36. The molecule has 136 valence electrons. The van der Waals surface area contributed by atoms with Gasteiger partial charge < -0.3 is 4.90 Å². The highest BCUT2D eigenvalue weighted by Crippen LogP contribution is 2.31. The summed E-state index contributed by atoms with van der Waals surface area (Å²) in [7, 11) is 4.08. The molecule has 0 aliphatic rings. The number of para-hydroxylation sites is 1. The van der Waals surface area contributed by atoms with Crippen molar-refractivity contribution < 1.29 is 18.5 Å². The minimum Gasteiger partial charge on any atom is -0.340 e. The zero-order chi connectivity index (χ0) is 18.7. The van der Waals surface area contributed by atoms with E-state index < -0.39 is 11.6 Å². The van der Waals surface area contributed by atoms with Crippen LogP contribution in [-0.4, -0.2) is 38.1 Å². The molecule has 1 amide bonds. The van der Waals surface area contributed by atoms with Crippen molar-refractivity contribution in [1.82, 2.24) is 4.98 Å². The number of amides is 1. The molecule has 0 unspecified atom stereocenters. The standard InChI is InChI=1S/C19H19F2N3OS/c1-23(2)11-4-12-24(18(25)13-7-9-14(20)10-8-13)19-22-17-15(21)5-3-6-16(17)26-19/h3,5-10H,4,11-12H2,1-2H3/p+1. The summed E-state index contributed by atoms with van der Waals surface area (Å²) in [4.78, 5) is 20.1. The molecule has 26 heavy (non-hydrogen) atoms. The highest BCUT2D eigenvalue weighted by atomic mass is 32.1. The van der Waals surface area contributed by atoms with Crippen LogP contribution >= 0.6 is 11.3 Å². The van der Waals surface area contributed by atoms with Gasteiger partial charge >= 0.3 is 0 Å². The summed E-state index contributed by atoms with van der Waals surface area (Å²) in [6, 6.07) is 10.2. The van der Waals surface area contributed by atoms with Gasteiger partial charge in [0.25, 0.3) is 5.91 Å². The zero-order valence-corrected chi connectivity index (χ0v) is 15.4. The molecular weight excluding hydrogens is 356 g/mol. The normalized spacial score (nSPS) is 11.3. The van der Waals surface area contributed by atoms with E-state index in [2.05, 4.69) is 4.98 Å². The van der Waals surface area contributed by atoms with E-state index in [1.807, 2.05) is 14.1 Å². The average Bonchev–Trinajstić information content (AvgIpc) is 3.04. The molecule has 0 atom stereocenters. The number of nitrogens with zero attached hydrogens (tertiary/aromatic N) is 2. The topological polar surface area (TPSA) is 37.6 Å². The molecule has 0 aliphatic carbocycles. The number of thiazole rings is 1. The molecule has 1 heterocycles. The summed E-state index contributed by atoms with van der Waals surface area (Å²) in [6.45, 7) is 1.34. The molecule has 3 aromatic rings. The third-order valence-electron chi connectivity index (χ3n) is 3.98. The van der Waals surface area contributed by atoms with Gasteiger partial charge in [-0.25, -0.2) is 13.8 Å². The van der Waals surface area contributed by atoms with E-state index in [0.717, 1.165) is 13.0 Å². The van der Waals surface area contributed by atoms with Gasteiger partial charge in [0.15, 0.2) is 5.13 Å². The van der Waals surface area contributed by atoms with Crippen LogP contribution in [0.3, 0.4) is 0 Å². The van der Waals surface area contributed by atoms with Crippen LogP contribution in [0.2, 0.25) is 0 Å².